The van der Waals surface area contributed by atoms with Gasteiger partial charge in [0.2, 0.25) is 0 Å². The van der Waals surface area contributed by atoms with Gasteiger partial charge in [-0.05, 0) is 72.6 Å². The minimum absolute atomic E-state index is 0.0462. The predicted octanol–water partition coefficient (Wildman–Crippen LogP) is 9.14. The molecule has 49 heavy (non-hydrogen) atoms. The fourth-order valence-electron chi connectivity index (χ4n) is 5.92. The molecule has 0 fully saturated rings. The number of benzene rings is 2. The summed E-state index contributed by atoms with van der Waals surface area (Å²) in [7, 11) is -1.37. The van der Waals surface area contributed by atoms with E-state index in [-0.39, 0.29) is 40.3 Å². The molecule has 0 radical (unpaired) electrons. The van der Waals surface area contributed by atoms with E-state index in [9.17, 15) is 4.79 Å². The van der Waals surface area contributed by atoms with Crippen LogP contribution in [-0.2, 0) is 27.9 Å². The largest absolute Gasteiger partial charge is 0.465 e. The van der Waals surface area contributed by atoms with Gasteiger partial charge in [-0.1, -0.05) is 121 Å². The first kappa shape index (κ1) is 43.1. The van der Waals surface area contributed by atoms with Crippen molar-refractivity contribution in [1.82, 2.24) is 0 Å². The molecule has 0 aliphatic rings. The summed E-state index contributed by atoms with van der Waals surface area (Å²) in [6.45, 7) is 27.1. The Morgan fingerprint density at radius 2 is 1.27 bits per heavy atom. The standard InChI is InChI=1S/C41H68O6Si2/c1-32(31-46-49(41(8,9)10,35-21-17-15-18-22-35)36-23-19-16-20-24-36)29-33(30-37(43-11)44-12)25-26-34(47-48(13,14)40(5,6)7)27-28-45-38(42)39(2,3)4/h15-26,32-34,37H,27-31H2,1-14H3/b26-25+/t32-,33-,34+/m1/s1. The Hall–Kier alpha value is -2.08. The third kappa shape index (κ3) is 12.6. The fourth-order valence-corrected chi connectivity index (χ4v) is 11.9. The molecule has 0 heterocycles. The van der Waals surface area contributed by atoms with E-state index in [1.54, 1.807) is 14.2 Å². The molecule has 3 atom stereocenters. The number of methoxy groups -OCH3 is 2. The first-order valence-corrected chi connectivity index (χ1v) is 22.8. The number of esters is 1. The van der Waals surface area contributed by atoms with Crippen LogP contribution in [-0.4, -0.2) is 62.4 Å². The number of hydrogen-bond acceptors (Lipinski definition) is 6. The molecule has 0 unspecified atom stereocenters. The van der Waals surface area contributed by atoms with Gasteiger partial charge in [-0.3, -0.25) is 4.79 Å². The summed E-state index contributed by atoms with van der Waals surface area (Å²) in [5.41, 5.74) is -0.543. The van der Waals surface area contributed by atoms with Crippen LogP contribution in [0.3, 0.4) is 0 Å². The first-order valence-electron chi connectivity index (χ1n) is 18.0. The zero-order valence-corrected chi connectivity index (χ0v) is 35.2. The van der Waals surface area contributed by atoms with E-state index in [1.807, 2.05) is 20.8 Å². The van der Waals surface area contributed by atoms with Gasteiger partial charge in [0.05, 0.1) is 18.1 Å². The van der Waals surface area contributed by atoms with E-state index in [0.717, 1.165) is 6.42 Å². The Kier molecular flexibility index (Phi) is 16.2. The SMILES string of the molecule is COC(C[C@H](/C=C/[C@@H](CCOC(=O)C(C)(C)C)O[Si](C)(C)C(C)(C)C)C[C@@H](C)CO[Si](c1ccccc1)(c1ccccc1)C(C)(C)C)OC. The van der Waals surface area contributed by atoms with Crippen LogP contribution in [0, 0.1) is 17.3 Å². The monoisotopic (exact) mass is 712 g/mol. The lowest BCUT2D eigenvalue weighted by molar-refractivity contribution is -0.153. The molecule has 2 aromatic carbocycles. The average molecular weight is 713 g/mol. The summed E-state index contributed by atoms with van der Waals surface area (Å²) in [5, 5.41) is 2.53. The van der Waals surface area contributed by atoms with Crippen LogP contribution in [0.4, 0.5) is 0 Å². The summed E-state index contributed by atoms with van der Waals surface area (Å²) in [4.78, 5) is 12.5. The molecular weight excluding hydrogens is 645 g/mol. The van der Waals surface area contributed by atoms with Crippen molar-refractivity contribution in [3.8, 4) is 0 Å². The summed E-state index contributed by atoms with van der Waals surface area (Å²) < 4.78 is 31.2. The molecular formula is C41H68O6Si2. The van der Waals surface area contributed by atoms with Crippen LogP contribution in [0.2, 0.25) is 23.2 Å². The van der Waals surface area contributed by atoms with Crippen molar-refractivity contribution >= 4 is 33.0 Å². The number of hydrogen-bond donors (Lipinski definition) is 0. The molecule has 0 N–H and O–H groups in total. The Morgan fingerprint density at radius 1 is 0.755 bits per heavy atom. The maximum absolute atomic E-state index is 12.5. The zero-order valence-electron chi connectivity index (χ0n) is 33.2. The minimum atomic E-state index is -2.65. The second kappa shape index (κ2) is 18.4. The van der Waals surface area contributed by atoms with Crippen LogP contribution in [0.1, 0.15) is 88.5 Å². The van der Waals surface area contributed by atoms with Gasteiger partial charge in [0, 0.05) is 33.7 Å². The molecule has 0 aliphatic carbocycles. The fraction of sp³-hybridized carbons (Fsp3) is 0.634. The second-order valence-electron chi connectivity index (χ2n) is 17.2. The summed E-state index contributed by atoms with van der Waals surface area (Å²) in [6, 6.07) is 21.6. The highest BCUT2D eigenvalue weighted by atomic mass is 28.4. The lowest BCUT2D eigenvalue weighted by Crippen LogP contribution is -2.66. The predicted molar refractivity (Wildman–Crippen MR) is 210 cm³/mol. The molecule has 0 aliphatic heterocycles. The Labute approximate surface area is 301 Å². The van der Waals surface area contributed by atoms with Crippen LogP contribution < -0.4 is 10.4 Å². The van der Waals surface area contributed by atoms with Crippen LogP contribution >= 0.6 is 0 Å². The van der Waals surface area contributed by atoms with Gasteiger partial charge in [-0.25, -0.2) is 0 Å². The maximum Gasteiger partial charge on any atom is 0.311 e. The summed E-state index contributed by atoms with van der Waals surface area (Å²) in [6.07, 6.45) is 6.15. The molecule has 0 aromatic heterocycles. The van der Waals surface area contributed by atoms with Crippen molar-refractivity contribution < 1.29 is 27.9 Å². The van der Waals surface area contributed by atoms with Crippen molar-refractivity contribution in [2.24, 2.45) is 17.3 Å². The molecule has 0 amide bonds. The smallest absolute Gasteiger partial charge is 0.311 e. The zero-order chi connectivity index (χ0) is 37.1. The molecule has 0 spiro atoms. The Bertz CT molecular complexity index is 1230. The average Bonchev–Trinajstić information content (AvgIpc) is 3.01. The van der Waals surface area contributed by atoms with Crippen LogP contribution in [0.25, 0.3) is 0 Å². The summed E-state index contributed by atoms with van der Waals surface area (Å²) >= 11 is 0. The highest BCUT2D eigenvalue weighted by Gasteiger charge is 2.50. The van der Waals surface area contributed by atoms with Gasteiger partial charge in [0.15, 0.2) is 14.6 Å². The lowest BCUT2D eigenvalue weighted by Gasteiger charge is -2.43. The Balaban J connectivity index is 2.39. The van der Waals surface area contributed by atoms with Crippen molar-refractivity contribution in [3.63, 3.8) is 0 Å². The van der Waals surface area contributed by atoms with Gasteiger partial charge >= 0.3 is 5.97 Å². The van der Waals surface area contributed by atoms with E-state index >= 15 is 0 Å². The molecule has 0 saturated carbocycles. The second-order valence-corrected chi connectivity index (χ2v) is 26.3. The van der Waals surface area contributed by atoms with Gasteiger partial charge < -0.3 is 23.1 Å². The van der Waals surface area contributed by atoms with Crippen LogP contribution in [0.5, 0.6) is 0 Å². The topological polar surface area (TPSA) is 63.2 Å². The third-order valence-electron chi connectivity index (χ3n) is 9.83. The van der Waals surface area contributed by atoms with Gasteiger partial charge in [0.25, 0.3) is 8.32 Å². The number of carbonyl (C=O) groups is 1. The van der Waals surface area contributed by atoms with E-state index < -0.39 is 22.0 Å². The first-order chi connectivity index (χ1) is 22.7. The highest BCUT2D eigenvalue weighted by molar-refractivity contribution is 6.99. The van der Waals surface area contributed by atoms with Crippen molar-refractivity contribution in [1.29, 1.82) is 0 Å². The van der Waals surface area contributed by atoms with E-state index in [1.165, 1.54) is 10.4 Å². The van der Waals surface area contributed by atoms with Crippen molar-refractivity contribution in [2.75, 3.05) is 27.4 Å². The van der Waals surface area contributed by atoms with Gasteiger partial charge in [-0.15, -0.1) is 0 Å². The molecule has 8 heteroatoms. The van der Waals surface area contributed by atoms with Gasteiger partial charge in [-0.2, -0.15) is 0 Å². The number of allylic oxidation sites excluding steroid dienone is 1. The van der Waals surface area contributed by atoms with E-state index in [0.29, 0.717) is 26.1 Å². The number of ether oxygens (including phenoxy) is 3. The molecule has 0 bridgehead atoms. The Morgan fingerprint density at radius 3 is 1.69 bits per heavy atom. The lowest BCUT2D eigenvalue weighted by atomic mass is 9.92. The third-order valence-corrected chi connectivity index (χ3v) is 19.3. The quantitative estimate of drug-likeness (QED) is 0.0665. The molecule has 0 saturated heterocycles. The van der Waals surface area contributed by atoms with Crippen LogP contribution in [0.15, 0.2) is 72.8 Å². The van der Waals surface area contributed by atoms with Crippen molar-refractivity contribution in [3.05, 3.63) is 72.8 Å². The number of carbonyl (C=O) groups excluding carboxylic acids is 1. The molecule has 276 valence electrons. The number of rotatable bonds is 18. The van der Waals surface area contributed by atoms with Crippen molar-refractivity contribution in [2.45, 2.75) is 124 Å². The maximum atomic E-state index is 12.5. The van der Waals surface area contributed by atoms with E-state index in [4.69, 9.17) is 23.1 Å². The summed E-state index contributed by atoms with van der Waals surface area (Å²) in [5.74, 6) is 0.224. The molecule has 2 rings (SSSR count). The normalized spacial score (nSPS) is 15.4. The molecule has 6 nitrogen and oxygen atoms in total. The highest BCUT2D eigenvalue weighted by Crippen LogP contribution is 2.39. The van der Waals surface area contributed by atoms with E-state index in [2.05, 4.69) is 134 Å². The van der Waals surface area contributed by atoms with Gasteiger partial charge in [0.1, 0.15) is 0 Å². The molecule has 2 aromatic rings. The minimum Gasteiger partial charge on any atom is -0.465 e.